The Morgan fingerprint density at radius 1 is 1.50 bits per heavy atom. The molecule has 0 bridgehead atoms. The molecule has 1 aromatic carbocycles. The first-order valence-corrected chi connectivity index (χ1v) is 7.83. The third-order valence-corrected chi connectivity index (χ3v) is 4.23. The van der Waals surface area contributed by atoms with Crippen LogP contribution in [-0.4, -0.2) is 31.8 Å². The van der Waals surface area contributed by atoms with Crippen LogP contribution in [0.15, 0.2) is 29.4 Å². The van der Waals surface area contributed by atoms with Gasteiger partial charge in [-0.05, 0) is 30.9 Å². The van der Waals surface area contributed by atoms with Crippen LogP contribution in [0.1, 0.15) is 12.8 Å². The highest BCUT2D eigenvalue weighted by molar-refractivity contribution is 7.92. The van der Waals surface area contributed by atoms with E-state index in [4.69, 9.17) is 15.7 Å². The van der Waals surface area contributed by atoms with Gasteiger partial charge in [-0.2, -0.15) is 0 Å². The number of sulfonamides is 1. The maximum Gasteiger partial charge on any atom is 0.232 e. The summed E-state index contributed by atoms with van der Waals surface area (Å²) < 4.78 is 31.5. The van der Waals surface area contributed by atoms with Gasteiger partial charge in [0.25, 0.3) is 0 Å². The quantitative estimate of drug-likeness (QED) is 0.300. The predicted molar refractivity (Wildman–Crippen MR) is 75.5 cm³/mol. The SMILES string of the molecule is NC(COc1cccc(NS(=O)(=O)CC2CC2)c1)=NO. The number of ether oxygens (including phenoxy) is 1. The van der Waals surface area contributed by atoms with Crippen molar-refractivity contribution >= 4 is 21.5 Å². The zero-order valence-electron chi connectivity index (χ0n) is 10.8. The highest BCUT2D eigenvalue weighted by Crippen LogP contribution is 2.30. The van der Waals surface area contributed by atoms with E-state index in [9.17, 15) is 8.42 Å². The van der Waals surface area contributed by atoms with Gasteiger partial charge in [-0.25, -0.2) is 8.42 Å². The van der Waals surface area contributed by atoms with Crippen LogP contribution in [0.3, 0.4) is 0 Å². The van der Waals surface area contributed by atoms with Crippen LogP contribution in [0.25, 0.3) is 0 Å². The summed E-state index contributed by atoms with van der Waals surface area (Å²) in [6.07, 6.45) is 1.95. The molecule has 0 spiro atoms. The second-order valence-electron chi connectivity index (χ2n) is 4.73. The molecule has 1 saturated carbocycles. The number of anilines is 1. The van der Waals surface area contributed by atoms with Crippen molar-refractivity contribution in [2.24, 2.45) is 16.8 Å². The number of hydrogen-bond acceptors (Lipinski definition) is 5. The Labute approximate surface area is 117 Å². The molecule has 8 heteroatoms. The lowest BCUT2D eigenvalue weighted by molar-refractivity contribution is 0.306. The highest BCUT2D eigenvalue weighted by atomic mass is 32.2. The Kier molecular flexibility index (Phi) is 4.33. The number of nitrogens with one attached hydrogen (secondary N) is 1. The molecule has 0 aliphatic heterocycles. The van der Waals surface area contributed by atoms with Crippen LogP contribution in [0, 0.1) is 5.92 Å². The summed E-state index contributed by atoms with van der Waals surface area (Å²) in [5.41, 5.74) is 5.72. The summed E-state index contributed by atoms with van der Waals surface area (Å²) in [7, 11) is -3.32. The Morgan fingerprint density at radius 3 is 2.90 bits per heavy atom. The van der Waals surface area contributed by atoms with Gasteiger partial charge < -0.3 is 15.7 Å². The lowest BCUT2D eigenvalue weighted by Crippen LogP contribution is -2.21. The van der Waals surface area contributed by atoms with Crippen LogP contribution < -0.4 is 15.2 Å². The van der Waals surface area contributed by atoms with Crippen molar-refractivity contribution in [1.29, 1.82) is 0 Å². The number of rotatable bonds is 7. The third kappa shape index (κ3) is 4.61. The molecule has 2 rings (SSSR count). The van der Waals surface area contributed by atoms with Crippen molar-refractivity contribution in [1.82, 2.24) is 0 Å². The van der Waals surface area contributed by atoms with Gasteiger partial charge in [-0.3, -0.25) is 4.72 Å². The van der Waals surface area contributed by atoms with Crippen molar-refractivity contribution in [3.05, 3.63) is 24.3 Å². The van der Waals surface area contributed by atoms with E-state index in [1.165, 1.54) is 0 Å². The maximum atomic E-state index is 11.8. The lowest BCUT2D eigenvalue weighted by atomic mass is 10.3. The topological polar surface area (TPSA) is 114 Å². The second-order valence-corrected chi connectivity index (χ2v) is 6.50. The van der Waals surface area contributed by atoms with Gasteiger partial charge in [-0.1, -0.05) is 11.2 Å². The first kappa shape index (κ1) is 14.4. The molecule has 4 N–H and O–H groups in total. The van der Waals surface area contributed by atoms with Crippen molar-refractivity contribution in [2.45, 2.75) is 12.8 Å². The average Bonchev–Trinajstić information content (AvgIpc) is 3.18. The number of amidine groups is 1. The van der Waals surface area contributed by atoms with Gasteiger partial charge >= 0.3 is 0 Å². The molecular formula is C12H17N3O4S. The molecule has 0 atom stereocenters. The van der Waals surface area contributed by atoms with E-state index in [1.54, 1.807) is 24.3 Å². The molecule has 7 nitrogen and oxygen atoms in total. The van der Waals surface area contributed by atoms with Gasteiger partial charge in [0.1, 0.15) is 12.4 Å². The van der Waals surface area contributed by atoms with Crippen molar-refractivity contribution < 1.29 is 18.4 Å². The summed E-state index contributed by atoms with van der Waals surface area (Å²) in [6.45, 7) is -0.0746. The first-order chi connectivity index (χ1) is 9.48. The van der Waals surface area contributed by atoms with E-state index in [1.807, 2.05) is 0 Å². The average molecular weight is 299 g/mol. The van der Waals surface area contributed by atoms with Crippen LogP contribution in [-0.2, 0) is 10.0 Å². The molecule has 0 heterocycles. The Bertz CT molecular complexity index is 596. The summed E-state index contributed by atoms with van der Waals surface area (Å²) in [6, 6.07) is 6.51. The molecule has 1 aliphatic rings. The van der Waals surface area contributed by atoms with Gasteiger partial charge in [0.05, 0.1) is 11.4 Å². The van der Waals surface area contributed by atoms with E-state index < -0.39 is 10.0 Å². The van der Waals surface area contributed by atoms with Gasteiger partial charge in [0.2, 0.25) is 10.0 Å². The van der Waals surface area contributed by atoms with E-state index in [0.29, 0.717) is 11.4 Å². The zero-order chi connectivity index (χ0) is 14.6. The molecule has 0 radical (unpaired) electrons. The molecule has 1 fully saturated rings. The summed E-state index contributed by atoms with van der Waals surface area (Å²) in [5.74, 6) is 0.808. The standard InChI is InChI=1S/C12H17N3O4S/c13-12(14-16)7-19-11-3-1-2-10(6-11)15-20(17,18)8-9-4-5-9/h1-3,6,9,15-16H,4-5,7-8H2,(H2,13,14). The zero-order valence-corrected chi connectivity index (χ0v) is 11.6. The number of oxime groups is 1. The number of nitrogens with two attached hydrogens (primary N) is 1. The van der Waals surface area contributed by atoms with Crippen LogP contribution >= 0.6 is 0 Å². The normalized spacial score (nSPS) is 15.9. The summed E-state index contributed by atoms with van der Waals surface area (Å²) >= 11 is 0. The minimum atomic E-state index is -3.32. The van der Waals surface area contributed by atoms with Crippen molar-refractivity contribution in [3.63, 3.8) is 0 Å². The van der Waals surface area contributed by atoms with Crippen LogP contribution in [0.4, 0.5) is 5.69 Å². The Balaban J connectivity index is 1.98. The van der Waals surface area contributed by atoms with Crippen LogP contribution in [0.5, 0.6) is 5.75 Å². The van der Waals surface area contributed by atoms with E-state index in [0.717, 1.165) is 12.8 Å². The Hall–Kier alpha value is -1.96. The maximum absolute atomic E-state index is 11.8. The molecule has 110 valence electrons. The fraction of sp³-hybridized carbons (Fsp3) is 0.417. The van der Waals surface area contributed by atoms with E-state index in [2.05, 4.69) is 9.88 Å². The Morgan fingerprint density at radius 2 is 2.25 bits per heavy atom. The fourth-order valence-corrected chi connectivity index (χ4v) is 3.17. The molecule has 20 heavy (non-hydrogen) atoms. The number of nitrogens with zero attached hydrogens (tertiary/aromatic N) is 1. The minimum Gasteiger partial charge on any atom is -0.485 e. The molecule has 1 aliphatic carbocycles. The molecular weight excluding hydrogens is 282 g/mol. The van der Waals surface area contributed by atoms with E-state index in [-0.39, 0.29) is 24.1 Å². The van der Waals surface area contributed by atoms with Crippen molar-refractivity contribution in [3.8, 4) is 5.75 Å². The van der Waals surface area contributed by atoms with Gasteiger partial charge in [-0.15, -0.1) is 0 Å². The smallest absolute Gasteiger partial charge is 0.232 e. The molecule has 0 saturated heterocycles. The molecule has 0 amide bonds. The molecule has 0 aromatic heterocycles. The van der Waals surface area contributed by atoms with Gasteiger partial charge in [0.15, 0.2) is 5.84 Å². The number of hydrogen-bond donors (Lipinski definition) is 3. The van der Waals surface area contributed by atoms with Gasteiger partial charge in [0, 0.05) is 6.07 Å². The summed E-state index contributed by atoms with van der Waals surface area (Å²) in [5, 5.41) is 11.2. The van der Waals surface area contributed by atoms with E-state index >= 15 is 0 Å². The monoisotopic (exact) mass is 299 g/mol. The minimum absolute atomic E-state index is 0.0651. The van der Waals surface area contributed by atoms with Crippen LogP contribution in [0.2, 0.25) is 0 Å². The first-order valence-electron chi connectivity index (χ1n) is 6.18. The largest absolute Gasteiger partial charge is 0.485 e. The lowest BCUT2D eigenvalue weighted by Gasteiger charge is -2.10. The fourth-order valence-electron chi connectivity index (χ4n) is 1.65. The number of benzene rings is 1. The highest BCUT2D eigenvalue weighted by Gasteiger charge is 2.27. The predicted octanol–water partition coefficient (Wildman–Crippen LogP) is 0.963. The molecule has 1 aromatic rings. The third-order valence-electron chi connectivity index (χ3n) is 2.77. The van der Waals surface area contributed by atoms with Crippen molar-refractivity contribution in [2.75, 3.05) is 17.1 Å². The summed E-state index contributed by atoms with van der Waals surface area (Å²) in [4.78, 5) is 0. The molecule has 0 unspecified atom stereocenters. The second kappa shape index (κ2) is 6.00.